The van der Waals surface area contributed by atoms with Crippen molar-refractivity contribution in [2.75, 3.05) is 26.3 Å². The summed E-state index contributed by atoms with van der Waals surface area (Å²) >= 11 is 1.43. The summed E-state index contributed by atoms with van der Waals surface area (Å²) in [6.45, 7) is 11.2. The number of urea groups is 1. The van der Waals surface area contributed by atoms with Gasteiger partial charge in [-0.05, 0) is 25.3 Å². The first-order valence-corrected chi connectivity index (χ1v) is 10.5. The van der Waals surface area contributed by atoms with Crippen LogP contribution in [0.5, 0.6) is 0 Å². The zero-order valence-electron chi connectivity index (χ0n) is 16.9. The van der Waals surface area contributed by atoms with Crippen molar-refractivity contribution in [3.8, 4) is 0 Å². The maximum absolute atomic E-state index is 13.1. The molecule has 0 spiro atoms. The number of aryl methyl sites for hydroxylation is 1. The minimum absolute atomic E-state index is 0.0946. The molecule has 0 aromatic carbocycles. The standard InChI is InChI=1S/C19H28N4O4S/c1-5-27-9-8-22-17-15(16(24)23(19(22)26)10-12(2)3)13(4)14(28-17)11-21-7-6-20-18(21)25/h12H,5-11H2,1-4H3,(H,20,25). The van der Waals surface area contributed by atoms with Gasteiger partial charge in [0.15, 0.2) is 0 Å². The van der Waals surface area contributed by atoms with Crippen molar-refractivity contribution in [2.24, 2.45) is 5.92 Å². The highest BCUT2D eigenvalue weighted by molar-refractivity contribution is 7.18. The topological polar surface area (TPSA) is 85.6 Å². The van der Waals surface area contributed by atoms with Gasteiger partial charge in [-0.1, -0.05) is 13.8 Å². The number of aromatic nitrogens is 2. The van der Waals surface area contributed by atoms with Crippen LogP contribution in [-0.4, -0.2) is 46.4 Å². The highest BCUT2D eigenvalue weighted by atomic mass is 32.1. The summed E-state index contributed by atoms with van der Waals surface area (Å²) in [5, 5.41) is 3.37. The number of thiophene rings is 1. The van der Waals surface area contributed by atoms with Crippen LogP contribution in [0.15, 0.2) is 9.59 Å². The third-order valence-electron chi connectivity index (χ3n) is 4.88. The summed E-state index contributed by atoms with van der Waals surface area (Å²) < 4.78 is 8.44. The first-order chi connectivity index (χ1) is 13.3. The Morgan fingerprint density at radius 3 is 2.57 bits per heavy atom. The van der Waals surface area contributed by atoms with Gasteiger partial charge in [0.2, 0.25) is 0 Å². The van der Waals surface area contributed by atoms with Crippen molar-refractivity contribution in [3.63, 3.8) is 0 Å². The minimum atomic E-state index is -0.294. The van der Waals surface area contributed by atoms with E-state index in [9.17, 15) is 14.4 Å². The van der Waals surface area contributed by atoms with E-state index >= 15 is 0 Å². The lowest BCUT2D eigenvalue weighted by atomic mass is 10.2. The molecule has 9 heteroatoms. The smallest absolute Gasteiger partial charge is 0.332 e. The van der Waals surface area contributed by atoms with Crippen LogP contribution >= 0.6 is 11.3 Å². The van der Waals surface area contributed by atoms with E-state index in [0.29, 0.717) is 56.2 Å². The predicted octanol–water partition coefficient (Wildman–Crippen LogP) is 1.75. The summed E-state index contributed by atoms with van der Waals surface area (Å²) in [5.74, 6) is 0.176. The first kappa shape index (κ1) is 20.6. The van der Waals surface area contributed by atoms with E-state index in [1.807, 2.05) is 27.7 Å². The Morgan fingerprint density at radius 2 is 1.96 bits per heavy atom. The molecule has 0 bridgehead atoms. The average Bonchev–Trinajstić information content (AvgIpc) is 3.19. The zero-order chi connectivity index (χ0) is 20.4. The van der Waals surface area contributed by atoms with Crippen molar-refractivity contribution >= 4 is 27.6 Å². The third-order valence-corrected chi connectivity index (χ3v) is 6.18. The van der Waals surface area contributed by atoms with Gasteiger partial charge < -0.3 is 15.0 Å². The van der Waals surface area contributed by atoms with Crippen LogP contribution in [0.25, 0.3) is 10.2 Å². The highest BCUT2D eigenvalue weighted by Gasteiger charge is 2.24. The number of nitrogens with one attached hydrogen (secondary N) is 1. The van der Waals surface area contributed by atoms with E-state index in [-0.39, 0.29) is 23.2 Å². The first-order valence-electron chi connectivity index (χ1n) is 9.71. The van der Waals surface area contributed by atoms with Crippen LogP contribution in [-0.2, 0) is 24.4 Å². The third kappa shape index (κ3) is 3.86. The van der Waals surface area contributed by atoms with E-state index in [4.69, 9.17) is 4.74 Å². The molecule has 0 saturated carbocycles. The number of hydrogen-bond donors (Lipinski definition) is 1. The van der Waals surface area contributed by atoms with Gasteiger partial charge in [0.25, 0.3) is 5.56 Å². The molecule has 28 heavy (non-hydrogen) atoms. The van der Waals surface area contributed by atoms with Gasteiger partial charge in [0.05, 0.1) is 25.1 Å². The lowest BCUT2D eigenvalue weighted by Crippen LogP contribution is -2.41. The molecule has 0 unspecified atom stereocenters. The number of ether oxygens (including phenoxy) is 1. The van der Waals surface area contributed by atoms with Crippen LogP contribution in [0.4, 0.5) is 4.79 Å². The molecule has 1 saturated heterocycles. The fourth-order valence-corrected chi connectivity index (χ4v) is 4.78. The van der Waals surface area contributed by atoms with E-state index in [1.165, 1.54) is 15.9 Å². The number of nitrogens with zero attached hydrogens (tertiary/aromatic N) is 3. The Morgan fingerprint density at radius 1 is 1.21 bits per heavy atom. The van der Waals surface area contributed by atoms with E-state index in [1.54, 1.807) is 9.47 Å². The predicted molar refractivity (Wildman–Crippen MR) is 110 cm³/mol. The Bertz CT molecular complexity index is 988. The molecular formula is C19H28N4O4S. The van der Waals surface area contributed by atoms with Gasteiger partial charge in [-0.3, -0.25) is 13.9 Å². The molecule has 2 amide bonds. The molecule has 2 aromatic heterocycles. The SMILES string of the molecule is CCOCCn1c(=O)n(CC(C)C)c(=O)c2c(C)c(CN3CCNC3=O)sc21. The lowest BCUT2D eigenvalue weighted by Gasteiger charge is -2.13. The molecule has 2 aromatic rings. The maximum atomic E-state index is 13.1. The van der Waals surface area contributed by atoms with Crippen LogP contribution < -0.4 is 16.6 Å². The fraction of sp³-hybridized carbons (Fsp3) is 0.632. The van der Waals surface area contributed by atoms with Gasteiger partial charge in [-0.2, -0.15) is 0 Å². The Labute approximate surface area is 167 Å². The number of fused-ring (bicyclic) bond motifs is 1. The Hall–Kier alpha value is -2.13. The van der Waals surface area contributed by atoms with Gasteiger partial charge in [0.1, 0.15) is 4.83 Å². The fourth-order valence-electron chi connectivity index (χ4n) is 3.45. The lowest BCUT2D eigenvalue weighted by molar-refractivity contribution is 0.138. The molecule has 3 heterocycles. The van der Waals surface area contributed by atoms with Crippen molar-refractivity contribution in [1.82, 2.24) is 19.4 Å². The van der Waals surface area contributed by atoms with Crippen LogP contribution in [0.3, 0.4) is 0 Å². The van der Waals surface area contributed by atoms with E-state index in [0.717, 1.165) is 10.4 Å². The number of hydrogen-bond acceptors (Lipinski definition) is 5. The second-order valence-electron chi connectivity index (χ2n) is 7.42. The monoisotopic (exact) mass is 408 g/mol. The van der Waals surface area contributed by atoms with Crippen molar-refractivity contribution in [2.45, 2.75) is 47.3 Å². The number of carbonyl (C=O) groups excluding carboxylic acids is 1. The van der Waals surface area contributed by atoms with Crippen molar-refractivity contribution < 1.29 is 9.53 Å². The number of amides is 2. The molecule has 0 aliphatic carbocycles. The zero-order valence-corrected chi connectivity index (χ0v) is 17.7. The number of carbonyl (C=O) groups is 1. The summed E-state index contributed by atoms with van der Waals surface area (Å²) in [6.07, 6.45) is 0. The molecule has 8 nitrogen and oxygen atoms in total. The van der Waals surface area contributed by atoms with Crippen LogP contribution in [0, 0.1) is 12.8 Å². The molecule has 0 radical (unpaired) electrons. The quantitative estimate of drug-likeness (QED) is 0.675. The Kier molecular flexibility index (Phi) is 6.24. The van der Waals surface area contributed by atoms with Crippen molar-refractivity contribution in [3.05, 3.63) is 31.3 Å². The van der Waals surface area contributed by atoms with Crippen LogP contribution in [0.1, 0.15) is 31.2 Å². The van der Waals surface area contributed by atoms with Gasteiger partial charge in [-0.25, -0.2) is 9.59 Å². The molecule has 1 aliphatic rings. The van der Waals surface area contributed by atoms with Gasteiger partial charge >= 0.3 is 11.7 Å². The van der Waals surface area contributed by atoms with Crippen LogP contribution in [0.2, 0.25) is 0 Å². The second kappa shape index (κ2) is 8.48. The molecule has 154 valence electrons. The van der Waals surface area contributed by atoms with Crippen molar-refractivity contribution in [1.29, 1.82) is 0 Å². The molecule has 3 rings (SSSR count). The largest absolute Gasteiger partial charge is 0.380 e. The van der Waals surface area contributed by atoms with Gasteiger partial charge in [0, 0.05) is 31.1 Å². The average molecular weight is 409 g/mol. The molecule has 0 atom stereocenters. The van der Waals surface area contributed by atoms with E-state index in [2.05, 4.69) is 5.32 Å². The molecule has 1 N–H and O–H groups in total. The molecular weight excluding hydrogens is 380 g/mol. The summed E-state index contributed by atoms with van der Waals surface area (Å²) in [5.41, 5.74) is 0.317. The van der Waals surface area contributed by atoms with E-state index < -0.39 is 0 Å². The normalized spacial score (nSPS) is 14.5. The van der Waals surface area contributed by atoms with Gasteiger partial charge in [-0.15, -0.1) is 11.3 Å². The molecule has 1 aliphatic heterocycles. The summed E-state index contributed by atoms with van der Waals surface area (Å²) in [6, 6.07) is -0.0946. The summed E-state index contributed by atoms with van der Waals surface area (Å²) in [7, 11) is 0. The summed E-state index contributed by atoms with van der Waals surface area (Å²) in [4.78, 5) is 41.5. The number of rotatable bonds is 8. The second-order valence-corrected chi connectivity index (χ2v) is 8.51. The maximum Gasteiger partial charge on any atom is 0.332 e. The Balaban J connectivity index is 2.14. The molecule has 1 fully saturated rings. The highest BCUT2D eigenvalue weighted by Crippen LogP contribution is 2.29. The minimum Gasteiger partial charge on any atom is -0.380 e.